The summed E-state index contributed by atoms with van der Waals surface area (Å²) in [6, 6.07) is 13.6. The number of nitrogens with one attached hydrogen (secondary N) is 1. The second kappa shape index (κ2) is 7.90. The van der Waals surface area contributed by atoms with Crippen molar-refractivity contribution in [3.8, 4) is 0 Å². The second-order valence-electron chi connectivity index (χ2n) is 6.87. The number of hydrogen-bond donors (Lipinski definition) is 1. The molecule has 7 heteroatoms. The third-order valence-electron chi connectivity index (χ3n) is 4.84. The van der Waals surface area contributed by atoms with E-state index in [2.05, 4.69) is 11.4 Å². The summed E-state index contributed by atoms with van der Waals surface area (Å²) in [5.74, 6) is -0.331. The number of aryl methyl sites for hydroxylation is 1. The van der Waals surface area contributed by atoms with Crippen LogP contribution >= 0.6 is 11.6 Å². The molecular formula is C20H23ClN2O3S. The minimum absolute atomic E-state index is 0.106. The quantitative estimate of drug-likeness (QED) is 0.823. The number of benzene rings is 2. The Hall–Kier alpha value is -2.05. The fourth-order valence-corrected chi connectivity index (χ4v) is 4.97. The summed E-state index contributed by atoms with van der Waals surface area (Å²) >= 11 is 6.01. The number of sulfonamides is 1. The Morgan fingerprint density at radius 2 is 1.96 bits per heavy atom. The van der Waals surface area contributed by atoms with Crippen LogP contribution in [0.15, 0.2) is 48.5 Å². The number of anilines is 1. The molecule has 1 aliphatic rings. The molecule has 144 valence electrons. The first-order chi connectivity index (χ1) is 12.8. The highest BCUT2D eigenvalue weighted by molar-refractivity contribution is 7.92. The number of rotatable bonds is 5. The number of carbonyl (C=O) groups is 1. The van der Waals surface area contributed by atoms with E-state index in [1.54, 1.807) is 31.2 Å². The van der Waals surface area contributed by atoms with E-state index in [-0.39, 0.29) is 11.9 Å². The Kier molecular flexibility index (Phi) is 5.77. The molecule has 0 spiro atoms. The van der Waals surface area contributed by atoms with Gasteiger partial charge in [0.15, 0.2) is 0 Å². The lowest BCUT2D eigenvalue weighted by Crippen LogP contribution is -2.49. The van der Waals surface area contributed by atoms with Crippen molar-refractivity contribution in [1.82, 2.24) is 5.32 Å². The summed E-state index contributed by atoms with van der Waals surface area (Å²) in [5, 5.41) is 3.45. The zero-order valence-corrected chi connectivity index (χ0v) is 16.9. The number of fused-ring (bicyclic) bond motifs is 1. The standard InChI is InChI=1S/C20H23ClN2O3S/c1-14(23(27(2,25)26)17-10-6-9-16(21)13-17)20(24)22-19-12-5-8-15-7-3-4-11-18(15)19/h3-4,6-7,9-11,13-14,19H,5,8,12H2,1-2H3,(H,22,24)/t14-,19+/m1/s1. The topological polar surface area (TPSA) is 66.5 Å². The molecule has 2 aromatic rings. The molecule has 0 saturated heterocycles. The molecule has 27 heavy (non-hydrogen) atoms. The number of amides is 1. The first kappa shape index (κ1) is 19.7. The number of nitrogens with zero attached hydrogens (tertiary/aromatic N) is 1. The Bertz CT molecular complexity index is 946. The van der Waals surface area contributed by atoms with Gasteiger partial charge in [-0.1, -0.05) is 41.9 Å². The molecule has 0 heterocycles. The van der Waals surface area contributed by atoms with Crippen LogP contribution in [0.5, 0.6) is 0 Å². The first-order valence-corrected chi connectivity index (χ1v) is 11.1. The highest BCUT2D eigenvalue weighted by Crippen LogP contribution is 2.30. The molecular weight excluding hydrogens is 384 g/mol. The lowest BCUT2D eigenvalue weighted by Gasteiger charge is -2.31. The average molecular weight is 407 g/mol. The molecule has 3 rings (SSSR count). The summed E-state index contributed by atoms with van der Waals surface area (Å²) in [6.07, 6.45) is 3.91. The van der Waals surface area contributed by atoms with Gasteiger partial charge < -0.3 is 5.32 Å². The molecule has 0 radical (unpaired) electrons. The highest BCUT2D eigenvalue weighted by Gasteiger charge is 2.31. The van der Waals surface area contributed by atoms with Crippen molar-refractivity contribution >= 4 is 33.2 Å². The molecule has 0 saturated carbocycles. The van der Waals surface area contributed by atoms with E-state index < -0.39 is 16.1 Å². The van der Waals surface area contributed by atoms with Crippen molar-refractivity contribution in [2.45, 2.75) is 38.3 Å². The number of hydrogen-bond acceptors (Lipinski definition) is 3. The lowest BCUT2D eigenvalue weighted by atomic mass is 9.87. The highest BCUT2D eigenvalue weighted by atomic mass is 35.5. The van der Waals surface area contributed by atoms with Crippen LogP contribution in [0, 0.1) is 0 Å². The predicted octanol–water partition coefficient (Wildman–Crippen LogP) is 3.69. The molecule has 0 bridgehead atoms. The molecule has 1 aliphatic carbocycles. The van der Waals surface area contributed by atoms with Crippen LogP contribution in [0.3, 0.4) is 0 Å². The summed E-state index contributed by atoms with van der Waals surface area (Å²) in [4.78, 5) is 12.9. The summed E-state index contributed by atoms with van der Waals surface area (Å²) in [5.41, 5.74) is 2.71. The molecule has 0 fully saturated rings. The summed E-state index contributed by atoms with van der Waals surface area (Å²) in [7, 11) is -3.67. The van der Waals surface area contributed by atoms with Gasteiger partial charge in [0.2, 0.25) is 15.9 Å². The van der Waals surface area contributed by atoms with Crippen LogP contribution in [-0.4, -0.2) is 26.6 Å². The van der Waals surface area contributed by atoms with E-state index >= 15 is 0 Å². The molecule has 1 N–H and O–H groups in total. The van der Waals surface area contributed by atoms with Crippen molar-refractivity contribution < 1.29 is 13.2 Å². The Labute approximate surface area is 165 Å². The molecule has 1 amide bonds. The Balaban J connectivity index is 1.85. The van der Waals surface area contributed by atoms with Gasteiger partial charge in [0.25, 0.3) is 0 Å². The minimum Gasteiger partial charge on any atom is -0.347 e. The third-order valence-corrected chi connectivity index (χ3v) is 6.31. The van der Waals surface area contributed by atoms with Gasteiger partial charge in [-0.3, -0.25) is 9.10 Å². The van der Waals surface area contributed by atoms with Crippen LogP contribution in [0.25, 0.3) is 0 Å². The van der Waals surface area contributed by atoms with E-state index in [4.69, 9.17) is 11.6 Å². The maximum Gasteiger partial charge on any atom is 0.244 e. The SMILES string of the molecule is C[C@H](C(=O)N[C@H]1CCCc2ccccc21)N(c1cccc(Cl)c1)S(C)(=O)=O. The van der Waals surface area contributed by atoms with Crippen LogP contribution < -0.4 is 9.62 Å². The lowest BCUT2D eigenvalue weighted by molar-refractivity contribution is -0.122. The fraction of sp³-hybridized carbons (Fsp3) is 0.350. The largest absolute Gasteiger partial charge is 0.347 e. The maximum atomic E-state index is 12.9. The van der Waals surface area contributed by atoms with Crippen molar-refractivity contribution in [3.63, 3.8) is 0 Å². The van der Waals surface area contributed by atoms with Crippen molar-refractivity contribution in [2.24, 2.45) is 0 Å². The molecule has 0 aromatic heterocycles. The number of halogens is 1. The summed E-state index contributed by atoms with van der Waals surface area (Å²) < 4.78 is 25.9. The molecule has 5 nitrogen and oxygen atoms in total. The van der Waals surface area contributed by atoms with Gasteiger partial charge in [0.1, 0.15) is 6.04 Å². The van der Waals surface area contributed by atoms with Gasteiger partial charge >= 0.3 is 0 Å². The number of carbonyl (C=O) groups excluding carboxylic acids is 1. The van der Waals surface area contributed by atoms with Crippen molar-refractivity contribution in [3.05, 3.63) is 64.7 Å². The second-order valence-corrected chi connectivity index (χ2v) is 9.16. The van der Waals surface area contributed by atoms with E-state index in [0.29, 0.717) is 10.7 Å². The average Bonchev–Trinajstić information content (AvgIpc) is 2.61. The van der Waals surface area contributed by atoms with Gasteiger partial charge in [-0.05, 0) is 55.5 Å². The third kappa shape index (κ3) is 4.45. The molecule has 2 atom stereocenters. The van der Waals surface area contributed by atoms with E-state index in [0.717, 1.165) is 35.4 Å². The van der Waals surface area contributed by atoms with Crippen LogP contribution in [-0.2, 0) is 21.2 Å². The van der Waals surface area contributed by atoms with Crippen LogP contribution in [0.2, 0.25) is 5.02 Å². The monoisotopic (exact) mass is 406 g/mol. The fourth-order valence-electron chi connectivity index (χ4n) is 3.62. The Morgan fingerprint density at radius 1 is 1.22 bits per heavy atom. The minimum atomic E-state index is -3.67. The van der Waals surface area contributed by atoms with Crippen molar-refractivity contribution in [2.75, 3.05) is 10.6 Å². The summed E-state index contributed by atoms with van der Waals surface area (Å²) in [6.45, 7) is 1.59. The van der Waals surface area contributed by atoms with E-state index in [1.165, 1.54) is 5.56 Å². The van der Waals surface area contributed by atoms with Crippen LogP contribution in [0.4, 0.5) is 5.69 Å². The predicted molar refractivity (Wildman–Crippen MR) is 109 cm³/mol. The van der Waals surface area contributed by atoms with Gasteiger partial charge in [0, 0.05) is 5.02 Å². The zero-order chi connectivity index (χ0) is 19.6. The van der Waals surface area contributed by atoms with Crippen molar-refractivity contribution in [1.29, 1.82) is 0 Å². The van der Waals surface area contributed by atoms with Gasteiger partial charge in [0.05, 0.1) is 18.0 Å². The Morgan fingerprint density at radius 3 is 2.67 bits per heavy atom. The van der Waals surface area contributed by atoms with E-state index in [1.807, 2.05) is 18.2 Å². The molecule has 2 aromatic carbocycles. The van der Waals surface area contributed by atoms with E-state index in [9.17, 15) is 13.2 Å². The van der Waals surface area contributed by atoms with Crippen LogP contribution in [0.1, 0.15) is 36.9 Å². The van der Waals surface area contributed by atoms with Gasteiger partial charge in [-0.15, -0.1) is 0 Å². The molecule has 0 aliphatic heterocycles. The first-order valence-electron chi connectivity index (χ1n) is 8.90. The van der Waals surface area contributed by atoms with Gasteiger partial charge in [-0.2, -0.15) is 0 Å². The smallest absolute Gasteiger partial charge is 0.244 e. The maximum absolute atomic E-state index is 12.9. The van der Waals surface area contributed by atoms with Gasteiger partial charge in [-0.25, -0.2) is 8.42 Å². The zero-order valence-electron chi connectivity index (χ0n) is 15.4. The normalized spacial score (nSPS) is 17.7. The molecule has 0 unspecified atom stereocenters.